The summed E-state index contributed by atoms with van der Waals surface area (Å²) in [6.07, 6.45) is 5.07. The Morgan fingerprint density at radius 3 is 2.71 bits per heavy atom. The Morgan fingerprint density at radius 1 is 1.10 bits per heavy atom. The van der Waals surface area contributed by atoms with Crippen molar-refractivity contribution >= 4 is 27.3 Å². The van der Waals surface area contributed by atoms with Crippen molar-refractivity contribution in [3.63, 3.8) is 0 Å². The first kappa shape index (κ1) is 20.3. The van der Waals surface area contributed by atoms with Crippen LogP contribution in [0.1, 0.15) is 23.6 Å². The molecule has 2 aromatic carbocycles. The molecule has 6 nitrogen and oxygen atoms in total. The van der Waals surface area contributed by atoms with Gasteiger partial charge in [-0.1, -0.05) is 35.9 Å². The molecular weight excluding hydrogens is 434 g/mol. The largest absolute Gasteiger partial charge is 0.485 e. The fourth-order valence-corrected chi connectivity index (χ4v) is 5.81. The predicted octanol–water partition coefficient (Wildman–Crippen LogP) is 3.97. The van der Waals surface area contributed by atoms with Crippen molar-refractivity contribution in [2.75, 3.05) is 18.0 Å². The number of aromatic nitrogens is 1. The molecule has 5 rings (SSSR count). The monoisotopic (exact) mass is 455 g/mol. The number of hydrogen-bond donors (Lipinski definition) is 1. The zero-order valence-electron chi connectivity index (χ0n) is 16.7. The number of hydrogen-bond acceptors (Lipinski definition) is 5. The van der Waals surface area contributed by atoms with Crippen molar-refractivity contribution in [3.05, 3.63) is 83.1 Å². The van der Waals surface area contributed by atoms with E-state index in [0.29, 0.717) is 18.1 Å². The molecule has 31 heavy (non-hydrogen) atoms. The maximum Gasteiger partial charge on any atom is 0.241 e. The number of pyridine rings is 1. The van der Waals surface area contributed by atoms with Gasteiger partial charge in [-0.25, -0.2) is 13.1 Å². The van der Waals surface area contributed by atoms with E-state index in [1.54, 1.807) is 24.5 Å². The molecule has 1 aliphatic carbocycles. The van der Waals surface area contributed by atoms with E-state index in [1.165, 1.54) is 11.6 Å². The van der Waals surface area contributed by atoms with E-state index >= 15 is 0 Å². The van der Waals surface area contributed by atoms with Gasteiger partial charge in [0.15, 0.2) is 0 Å². The second kappa shape index (κ2) is 8.15. The summed E-state index contributed by atoms with van der Waals surface area (Å²) in [5.74, 6) is 0.735. The lowest BCUT2D eigenvalue weighted by atomic mass is 10.1. The van der Waals surface area contributed by atoms with Crippen LogP contribution >= 0.6 is 11.6 Å². The van der Waals surface area contributed by atoms with Crippen molar-refractivity contribution in [2.45, 2.75) is 29.9 Å². The number of benzene rings is 2. The molecule has 1 fully saturated rings. The van der Waals surface area contributed by atoms with Gasteiger partial charge in [0, 0.05) is 12.2 Å². The van der Waals surface area contributed by atoms with Gasteiger partial charge < -0.3 is 9.64 Å². The number of aryl methyl sites for hydroxylation is 1. The first-order valence-electron chi connectivity index (χ1n) is 10.2. The highest BCUT2D eigenvalue weighted by Gasteiger charge is 2.31. The van der Waals surface area contributed by atoms with Crippen LogP contribution in [0.2, 0.25) is 5.02 Å². The Hall–Kier alpha value is -2.61. The van der Waals surface area contributed by atoms with Gasteiger partial charge in [0.1, 0.15) is 11.9 Å². The number of nitrogens with one attached hydrogen (secondary N) is 1. The molecule has 1 aliphatic heterocycles. The molecule has 1 N–H and O–H groups in total. The summed E-state index contributed by atoms with van der Waals surface area (Å²) < 4.78 is 34.6. The molecule has 1 atom stereocenters. The van der Waals surface area contributed by atoms with E-state index in [9.17, 15) is 8.42 Å². The molecular formula is C23H22ClN3O3S. The molecule has 0 saturated carbocycles. The fraction of sp³-hybridized carbons (Fsp3) is 0.261. The SMILES string of the molecule is O=S(=O)(N[C@@H]1CCc2ccccc21)c1ccc(N2CC(Oc3cccnc3)C2)c(Cl)c1. The number of ether oxygens (including phenoxy) is 1. The number of rotatable bonds is 6. The van der Waals surface area contributed by atoms with Crippen LogP contribution in [-0.4, -0.2) is 32.6 Å². The molecule has 0 radical (unpaired) electrons. The third kappa shape index (κ3) is 4.13. The predicted molar refractivity (Wildman–Crippen MR) is 120 cm³/mol. The van der Waals surface area contributed by atoms with Crippen LogP contribution in [-0.2, 0) is 16.4 Å². The summed E-state index contributed by atoms with van der Waals surface area (Å²) in [5, 5.41) is 0.412. The molecule has 160 valence electrons. The van der Waals surface area contributed by atoms with Gasteiger partial charge in [-0.2, -0.15) is 0 Å². The normalized spacial score (nSPS) is 18.5. The Morgan fingerprint density at radius 2 is 1.94 bits per heavy atom. The van der Waals surface area contributed by atoms with E-state index in [1.807, 2.05) is 36.4 Å². The van der Waals surface area contributed by atoms with Crippen LogP contribution in [0.25, 0.3) is 0 Å². The van der Waals surface area contributed by atoms with E-state index in [0.717, 1.165) is 29.8 Å². The number of anilines is 1. The highest BCUT2D eigenvalue weighted by molar-refractivity contribution is 7.89. The summed E-state index contributed by atoms with van der Waals surface area (Å²) in [6.45, 7) is 1.36. The van der Waals surface area contributed by atoms with Crippen molar-refractivity contribution < 1.29 is 13.2 Å². The maximum absolute atomic E-state index is 13.0. The first-order chi connectivity index (χ1) is 15.0. The topological polar surface area (TPSA) is 71.5 Å². The molecule has 0 bridgehead atoms. The summed E-state index contributed by atoms with van der Waals surface area (Å²) >= 11 is 6.46. The third-order valence-corrected chi connectivity index (χ3v) is 7.56. The zero-order chi connectivity index (χ0) is 21.4. The van der Waals surface area contributed by atoms with Crippen LogP contribution < -0.4 is 14.4 Å². The van der Waals surface area contributed by atoms with Gasteiger partial charge in [0.2, 0.25) is 10.0 Å². The van der Waals surface area contributed by atoms with Crippen molar-refractivity contribution in [1.82, 2.24) is 9.71 Å². The fourth-order valence-electron chi connectivity index (χ4n) is 4.16. The summed E-state index contributed by atoms with van der Waals surface area (Å²) in [4.78, 5) is 6.29. The number of nitrogens with zero attached hydrogens (tertiary/aromatic N) is 2. The zero-order valence-corrected chi connectivity index (χ0v) is 18.3. The van der Waals surface area contributed by atoms with Crippen molar-refractivity contribution in [2.24, 2.45) is 0 Å². The van der Waals surface area contributed by atoms with E-state index in [-0.39, 0.29) is 17.0 Å². The van der Waals surface area contributed by atoms with Gasteiger partial charge >= 0.3 is 0 Å². The summed E-state index contributed by atoms with van der Waals surface area (Å²) in [5.41, 5.74) is 3.05. The quantitative estimate of drug-likeness (QED) is 0.609. The van der Waals surface area contributed by atoms with Gasteiger partial charge in [0.25, 0.3) is 0 Å². The standard InChI is InChI=1S/C23H22ClN3O3S/c24-21-12-19(31(28,29)26-22-9-7-16-4-1-2-6-20(16)22)8-10-23(21)27-14-18(15-27)30-17-5-3-11-25-13-17/h1-6,8,10-13,18,22,26H,7,9,14-15H2/t22-/m1/s1. The molecule has 3 aromatic rings. The van der Waals surface area contributed by atoms with Gasteiger partial charge in [-0.3, -0.25) is 4.98 Å². The molecule has 2 aliphatic rings. The Balaban J connectivity index is 1.25. The van der Waals surface area contributed by atoms with Crippen molar-refractivity contribution in [1.29, 1.82) is 0 Å². The van der Waals surface area contributed by atoms with Gasteiger partial charge in [-0.05, 0) is 54.3 Å². The number of fused-ring (bicyclic) bond motifs is 1. The van der Waals surface area contributed by atoms with Crippen LogP contribution in [0.5, 0.6) is 5.75 Å². The lowest BCUT2D eigenvalue weighted by Crippen LogP contribution is -2.54. The second-order valence-electron chi connectivity index (χ2n) is 7.86. The van der Waals surface area contributed by atoms with E-state index < -0.39 is 10.0 Å². The smallest absolute Gasteiger partial charge is 0.241 e. The van der Waals surface area contributed by atoms with E-state index in [2.05, 4.69) is 14.6 Å². The minimum absolute atomic E-state index is 0.0489. The highest BCUT2D eigenvalue weighted by atomic mass is 35.5. The lowest BCUT2D eigenvalue weighted by molar-refractivity contribution is 0.167. The van der Waals surface area contributed by atoms with Crippen LogP contribution in [0, 0.1) is 0 Å². The lowest BCUT2D eigenvalue weighted by Gasteiger charge is -2.41. The molecule has 1 aromatic heterocycles. The summed E-state index contributed by atoms with van der Waals surface area (Å²) in [6, 6.07) is 16.4. The molecule has 8 heteroatoms. The minimum atomic E-state index is -3.68. The molecule has 1 saturated heterocycles. The second-order valence-corrected chi connectivity index (χ2v) is 9.98. The molecule has 2 heterocycles. The summed E-state index contributed by atoms with van der Waals surface area (Å²) in [7, 11) is -3.68. The van der Waals surface area contributed by atoms with Gasteiger partial charge in [0.05, 0.1) is 34.9 Å². The minimum Gasteiger partial charge on any atom is -0.485 e. The van der Waals surface area contributed by atoms with Crippen LogP contribution in [0.15, 0.2) is 71.9 Å². The Kier molecular flexibility index (Phi) is 5.33. The van der Waals surface area contributed by atoms with E-state index in [4.69, 9.17) is 16.3 Å². The van der Waals surface area contributed by atoms with Crippen LogP contribution in [0.3, 0.4) is 0 Å². The molecule has 0 spiro atoms. The average molecular weight is 456 g/mol. The van der Waals surface area contributed by atoms with Crippen molar-refractivity contribution in [3.8, 4) is 5.75 Å². The number of sulfonamides is 1. The third-order valence-electron chi connectivity index (χ3n) is 5.79. The maximum atomic E-state index is 13.0. The first-order valence-corrected chi connectivity index (χ1v) is 12.1. The Labute approximate surface area is 186 Å². The Bertz CT molecular complexity index is 1200. The average Bonchev–Trinajstić information content (AvgIpc) is 3.14. The highest BCUT2D eigenvalue weighted by Crippen LogP contribution is 2.35. The number of halogens is 1. The van der Waals surface area contributed by atoms with Crippen LogP contribution in [0.4, 0.5) is 5.69 Å². The van der Waals surface area contributed by atoms with Gasteiger partial charge in [-0.15, -0.1) is 0 Å². The molecule has 0 amide bonds. The molecule has 0 unspecified atom stereocenters.